The van der Waals surface area contributed by atoms with Crippen LogP contribution < -0.4 is 0 Å². The van der Waals surface area contributed by atoms with Crippen LogP contribution in [-0.2, 0) is 9.47 Å². The van der Waals surface area contributed by atoms with Crippen molar-refractivity contribution in [2.24, 2.45) is 5.92 Å². The molecule has 6 nitrogen and oxygen atoms in total. The zero-order valence-corrected chi connectivity index (χ0v) is 16.7. The van der Waals surface area contributed by atoms with Crippen LogP contribution in [0.25, 0.3) is 22.8 Å². The lowest BCUT2D eigenvalue weighted by Crippen LogP contribution is -2.41. The van der Waals surface area contributed by atoms with E-state index in [4.69, 9.17) is 13.9 Å². The number of ether oxygens (including phenoxy) is 2. The van der Waals surface area contributed by atoms with Crippen LogP contribution in [0.5, 0.6) is 0 Å². The molecule has 0 saturated carbocycles. The van der Waals surface area contributed by atoms with Crippen molar-refractivity contribution in [1.29, 1.82) is 0 Å². The van der Waals surface area contributed by atoms with Crippen LogP contribution in [0.2, 0.25) is 0 Å². The van der Waals surface area contributed by atoms with E-state index in [1.807, 2.05) is 59.5 Å². The van der Waals surface area contributed by atoms with Crippen molar-refractivity contribution < 1.29 is 18.7 Å². The fourth-order valence-corrected chi connectivity index (χ4v) is 4.18. The summed E-state index contributed by atoms with van der Waals surface area (Å²) in [7, 11) is 0. The van der Waals surface area contributed by atoms with E-state index in [1.165, 1.54) is 0 Å². The Morgan fingerprint density at radius 3 is 2.40 bits per heavy atom. The maximum absolute atomic E-state index is 13.3. The molecule has 0 N–H and O–H groups in total. The van der Waals surface area contributed by atoms with Crippen molar-refractivity contribution in [2.45, 2.75) is 19.1 Å². The van der Waals surface area contributed by atoms with Gasteiger partial charge in [0.15, 0.2) is 12.1 Å². The number of hydrogen-bond acceptors (Lipinski definition) is 5. The van der Waals surface area contributed by atoms with Gasteiger partial charge in [-0.2, -0.15) is 0 Å². The minimum atomic E-state index is -0.113. The van der Waals surface area contributed by atoms with Gasteiger partial charge in [0.1, 0.15) is 0 Å². The monoisotopic (exact) mass is 404 g/mol. The maximum Gasteiger partial charge on any atom is 0.254 e. The van der Waals surface area contributed by atoms with Gasteiger partial charge in [-0.05, 0) is 25.0 Å². The Balaban J connectivity index is 1.34. The van der Waals surface area contributed by atoms with E-state index in [0.29, 0.717) is 55.0 Å². The number of carbonyl (C=O) groups excluding carboxylic acids is 1. The number of amides is 1. The van der Waals surface area contributed by atoms with E-state index in [9.17, 15) is 4.79 Å². The van der Waals surface area contributed by atoms with Crippen molar-refractivity contribution in [3.05, 3.63) is 66.4 Å². The van der Waals surface area contributed by atoms with Crippen LogP contribution in [0, 0.1) is 5.92 Å². The molecule has 3 heterocycles. The molecule has 0 unspecified atom stereocenters. The summed E-state index contributed by atoms with van der Waals surface area (Å²) in [5.74, 6) is 1.51. The molecule has 2 aliphatic rings. The molecular formula is C24H24N2O4. The Kier molecular flexibility index (Phi) is 5.34. The fourth-order valence-electron chi connectivity index (χ4n) is 4.18. The van der Waals surface area contributed by atoms with Gasteiger partial charge < -0.3 is 18.8 Å². The predicted octanol–water partition coefficient (Wildman–Crippen LogP) is 4.23. The van der Waals surface area contributed by atoms with Crippen LogP contribution in [0.1, 0.15) is 23.2 Å². The minimum absolute atomic E-state index is 0.0109. The molecule has 2 fully saturated rings. The largest absolute Gasteiger partial charge is 0.436 e. The Bertz CT molecular complexity index is 1000. The summed E-state index contributed by atoms with van der Waals surface area (Å²) in [5, 5.41) is 0. The number of rotatable bonds is 4. The first-order valence-corrected chi connectivity index (χ1v) is 10.4. The molecule has 1 aromatic heterocycles. The number of carbonyl (C=O) groups is 1. The zero-order valence-electron chi connectivity index (χ0n) is 16.7. The van der Waals surface area contributed by atoms with E-state index in [2.05, 4.69) is 4.98 Å². The molecule has 2 aliphatic heterocycles. The summed E-state index contributed by atoms with van der Waals surface area (Å²) < 4.78 is 17.3. The first kappa shape index (κ1) is 19.0. The van der Waals surface area contributed by atoms with E-state index >= 15 is 0 Å². The molecule has 0 bridgehead atoms. The summed E-state index contributed by atoms with van der Waals surface area (Å²) in [6.45, 7) is 2.72. The molecule has 154 valence electrons. The van der Waals surface area contributed by atoms with Gasteiger partial charge in [-0.25, -0.2) is 4.98 Å². The highest BCUT2D eigenvalue weighted by Crippen LogP contribution is 2.31. The molecule has 0 spiro atoms. The van der Waals surface area contributed by atoms with Crippen molar-refractivity contribution >= 4 is 5.91 Å². The minimum Gasteiger partial charge on any atom is -0.436 e. The van der Waals surface area contributed by atoms with Gasteiger partial charge in [-0.3, -0.25) is 4.79 Å². The van der Waals surface area contributed by atoms with Crippen LogP contribution in [0.4, 0.5) is 0 Å². The van der Waals surface area contributed by atoms with Crippen molar-refractivity contribution in [3.8, 4) is 22.8 Å². The second kappa shape index (κ2) is 8.42. The average Bonchev–Trinajstić information content (AvgIpc) is 3.52. The molecule has 6 heteroatoms. The zero-order chi connectivity index (χ0) is 20.3. The number of piperidine rings is 1. The van der Waals surface area contributed by atoms with Crippen LogP contribution in [0.15, 0.2) is 65.2 Å². The maximum atomic E-state index is 13.3. The summed E-state index contributed by atoms with van der Waals surface area (Å²) >= 11 is 0. The molecule has 0 aliphatic carbocycles. The third-order valence-electron chi connectivity index (χ3n) is 5.81. The van der Waals surface area contributed by atoms with Gasteiger partial charge in [0.2, 0.25) is 5.89 Å². The van der Waals surface area contributed by atoms with E-state index < -0.39 is 0 Å². The van der Waals surface area contributed by atoms with Gasteiger partial charge in [-0.15, -0.1) is 0 Å². The van der Waals surface area contributed by atoms with Crippen molar-refractivity contribution in [2.75, 3.05) is 26.3 Å². The third kappa shape index (κ3) is 3.76. The van der Waals surface area contributed by atoms with Crippen molar-refractivity contribution in [3.63, 3.8) is 0 Å². The molecule has 2 aromatic carbocycles. The Morgan fingerprint density at radius 2 is 1.63 bits per heavy atom. The Labute approximate surface area is 175 Å². The van der Waals surface area contributed by atoms with Crippen LogP contribution in [-0.4, -0.2) is 48.4 Å². The lowest BCUT2D eigenvalue weighted by Gasteiger charge is -2.34. The second-order valence-corrected chi connectivity index (χ2v) is 7.68. The van der Waals surface area contributed by atoms with Gasteiger partial charge in [0.25, 0.3) is 5.91 Å². The number of nitrogens with zero attached hydrogens (tertiary/aromatic N) is 2. The predicted molar refractivity (Wildman–Crippen MR) is 112 cm³/mol. The lowest BCUT2D eigenvalue weighted by molar-refractivity contribution is -0.0956. The highest BCUT2D eigenvalue weighted by molar-refractivity contribution is 6.00. The number of oxazole rings is 1. The highest BCUT2D eigenvalue weighted by Gasteiger charge is 2.32. The summed E-state index contributed by atoms with van der Waals surface area (Å²) in [4.78, 5) is 19.6. The first-order valence-electron chi connectivity index (χ1n) is 10.4. The number of aromatic nitrogens is 1. The summed E-state index contributed by atoms with van der Waals surface area (Å²) in [6.07, 6.45) is 3.36. The third-order valence-corrected chi connectivity index (χ3v) is 5.81. The van der Waals surface area contributed by atoms with Crippen LogP contribution in [0.3, 0.4) is 0 Å². The van der Waals surface area contributed by atoms with Crippen molar-refractivity contribution in [1.82, 2.24) is 9.88 Å². The molecule has 0 atom stereocenters. The molecule has 3 aromatic rings. The van der Waals surface area contributed by atoms with E-state index in [1.54, 1.807) is 6.20 Å². The smallest absolute Gasteiger partial charge is 0.254 e. The molecule has 2 saturated heterocycles. The SMILES string of the molecule is O=C(c1ccccc1-c1ncc(-c2ccccc2)o1)N1CCC(C2OCCO2)CC1. The highest BCUT2D eigenvalue weighted by atomic mass is 16.7. The topological polar surface area (TPSA) is 64.8 Å². The number of hydrogen-bond donors (Lipinski definition) is 0. The molecule has 1 amide bonds. The Morgan fingerprint density at radius 1 is 0.933 bits per heavy atom. The van der Waals surface area contributed by atoms with E-state index in [0.717, 1.165) is 18.4 Å². The number of benzene rings is 2. The standard InChI is InChI=1S/C24H24N2O4/c27-23(26-12-10-18(11-13-26)24-28-14-15-29-24)20-9-5-4-8-19(20)22-25-16-21(30-22)17-6-2-1-3-7-17/h1-9,16,18,24H,10-15H2. The molecule has 30 heavy (non-hydrogen) atoms. The molecule has 5 rings (SSSR count). The van der Waals surface area contributed by atoms with Gasteiger partial charge in [0, 0.05) is 30.1 Å². The normalized spacial score (nSPS) is 18.1. The summed E-state index contributed by atoms with van der Waals surface area (Å²) in [5.41, 5.74) is 2.29. The second-order valence-electron chi connectivity index (χ2n) is 7.68. The molecular weight excluding hydrogens is 380 g/mol. The molecule has 0 radical (unpaired) electrons. The van der Waals surface area contributed by atoms with E-state index in [-0.39, 0.29) is 12.2 Å². The first-order chi connectivity index (χ1) is 14.8. The van der Waals surface area contributed by atoms with Gasteiger partial charge >= 0.3 is 0 Å². The summed E-state index contributed by atoms with van der Waals surface area (Å²) in [6, 6.07) is 17.3. The quantitative estimate of drug-likeness (QED) is 0.651. The van der Waals surface area contributed by atoms with Gasteiger partial charge in [-0.1, -0.05) is 42.5 Å². The van der Waals surface area contributed by atoms with Gasteiger partial charge in [0.05, 0.1) is 25.0 Å². The average molecular weight is 404 g/mol. The lowest BCUT2D eigenvalue weighted by atomic mass is 9.95. The fraction of sp³-hybridized carbons (Fsp3) is 0.333. The Hall–Kier alpha value is -2.96. The number of likely N-dealkylation sites (tertiary alicyclic amines) is 1. The van der Waals surface area contributed by atoms with Crippen LogP contribution >= 0.6 is 0 Å².